The van der Waals surface area contributed by atoms with E-state index in [2.05, 4.69) is 20.8 Å². The number of hydrogen-bond donors (Lipinski definition) is 0. The van der Waals surface area contributed by atoms with E-state index in [1.54, 1.807) is 0 Å². The maximum Gasteiger partial charge on any atom is 0.411 e. The highest BCUT2D eigenvalue weighted by Gasteiger charge is 2.39. The summed E-state index contributed by atoms with van der Waals surface area (Å²) in [5, 5.41) is 0.615. The van der Waals surface area contributed by atoms with Gasteiger partial charge < -0.3 is 4.52 Å². The second-order valence-electron chi connectivity index (χ2n) is 7.71. The van der Waals surface area contributed by atoms with Crippen molar-refractivity contribution in [1.29, 1.82) is 0 Å². The molecule has 3 rings (SSSR count). The molecule has 2 aromatic rings. The summed E-state index contributed by atoms with van der Waals surface area (Å²) in [6, 6.07) is 18.7. The topological polar surface area (TPSA) is 35.5 Å². The largest absolute Gasteiger partial charge is 0.421 e. The number of para-hydroxylation sites is 1. The Balaban J connectivity index is 1.91. The van der Waals surface area contributed by atoms with Gasteiger partial charge in [-0.1, -0.05) is 63.6 Å². The van der Waals surface area contributed by atoms with E-state index in [-0.39, 0.29) is 6.10 Å². The predicted octanol–water partition coefficient (Wildman–Crippen LogP) is 6.06. The molecule has 0 heterocycles. The first-order valence-electron chi connectivity index (χ1n) is 9.56. The van der Waals surface area contributed by atoms with Gasteiger partial charge in [0.1, 0.15) is 5.75 Å². The molecule has 0 bridgehead atoms. The van der Waals surface area contributed by atoms with Crippen LogP contribution in [0.4, 0.5) is 0 Å². The minimum atomic E-state index is -3.47. The average molecular weight is 372 g/mol. The predicted molar refractivity (Wildman–Crippen MR) is 107 cm³/mol. The molecule has 4 atom stereocenters. The number of benzene rings is 2. The Morgan fingerprint density at radius 3 is 2.19 bits per heavy atom. The lowest BCUT2D eigenvalue weighted by molar-refractivity contribution is 0.0414. The molecule has 0 aromatic heterocycles. The Labute approximate surface area is 157 Å². The minimum Gasteiger partial charge on any atom is -0.421 e. The summed E-state index contributed by atoms with van der Waals surface area (Å²) in [6.45, 7) is 6.70. The van der Waals surface area contributed by atoms with Crippen LogP contribution in [0.2, 0.25) is 0 Å². The molecule has 26 heavy (non-hydrogen) atoms. The quantitative estimate of drug-likeness (QED) is 0.578. The monoisotopic (exact) mass is 372 g/mol. The molecule has 1 fully saturated rings. The zero-order valence-electron chi connectivity index (χ0n) is 15.9. The molecule has 0 aliphatic heterocycles. The van der Waals surface area contributed by atoms with Crippen molar-refractivity contribution in [3.8, 4) is 5.75 Å². The van der Waals surface area contributed by atoms with E-state index in [1.807, 2.05) is 60.7 Å². The summed E-state index contributed by atoms with van der Waals surface area (Å²) in [7, 11) is -3.47. The summed E-state index contributed by atoms with van der Waals surface area (Å²) in [5.74, 6) is 2.05. The molecule has 1 saturated carbocycles. The summed E-state index contributed by atoms with van der Waals surface area (Å²) in [6.07, 6.45) is 3.20. The van der Waals surface area contributed by atoms with Gasteiger partial charge in [0.15, 0.2) is 0 Å². The Morgan fingerprint density at radius 1 is 0.962 bits per heavy atom. The number of hydrogen-bond acceptors (Lipinski definition) is 3. The third-order valence-electron chi connectivity index (χ3n) is 5.28. The van der Waals surface area contributed by atoms with Crippen LogP contribution in [-0.2, 0) is 9.09 Å². The molecule has 140 valence electrons. The van der Waals surface area contributed by atoms with Gasteiger partial charge in [-0.3, -0.25) is 4.52 Å². The molecule has 1 aliphatic rings. The molecule has 0 amide bonds. The van der Waals surface area contributed by atoms with E-state index in [9.17, 15) is 4.57 Å². The molecule has 3 nitrogen and oxygen atoms in total. The van der Waals surface area contributed by atoms with Gasteiger partial charge in [0.2, 0.25) is 0 Å². The zero-order valence-corrected chi connectivity index (χ0v) is 16.8. The highest BCUT2D eigenvalue weighted by molar-refractivity contribution is 7.62. The summed E-state index contributed by atoms with van der Waals surface area (Å²) in [4.78, 5) is 0. The smallest absolute Gasteiger partial charge is 0.411 e. The molecule has 2 aromatic carbocycles. The fourth-order valence-corrected chi connectivity index (χ4v) is 5.59. The lowest BCUT2D eigenvalue weighted by Gasteiger charge is -2.38. The van der Waals surface area contributed by atoms with Crippen LogP contribution in [0.5, 0.6) is 5.75 Å². The van der Waals surface area contributed by atoms with Gasteiger partial charge in [-0.2, -0.15) is 0 Å². The van der Waals surface area contributed by atoms with Gasteiger partial charge in [-0.25, -0.2) is 4.57 Å². The van der Waals surface area contributed by atoms with Gasteiger partial charge in [0.25, 0.3) is 0 Å². The highest BCUT2D eigenvalue weighted by atomic mass is 31.2. The Bertz CT molecular complexity index is 730. The van der Waals surface area contributed by atoms with Crippen molar-refractivity contribution in [2.45, 2.75) is 46.1 Å². The van der Waals surface area contributed by atoms with E-state index in [0.29, 0.717) is 28.8 Å². The lowest BCUT2D eigenvalue weighted by atomic mass is 9.75. The van der Waals surface area contributed by atoms with Crippen molar-refractivity contribution in [2.24, 2.45) is 17.8 Å². The van der Waals surface area contributed by atoms with E-state index in [1.165, 1.54) is 6.42 Å². The Hall–Kier alpha value is -1.57. The van der Waals surface area contributed by atoms with Crippen molar-refractivity contribution >= 4 is 12.9 Å². The van der Waals surface area contributed by atoms with E-state index in [0.717, 1.165) is 12.8 Å². The zero-order chi connectivity index (χ0) is 18.6. The van der Waals surface area contributed by atoms with Gasteiger partial charge in [-0.15, -0.1) is 0 Å². The third kappa shape index (κ3) is 4.58. The molecule has 0 radical (unpaired) electrons. The first-order valence-corrected chi connectivity index (χ1v) is 11.1. The van der Waals surface area contributed by atoms with Gasteiger partial charge in [-0.05, 0) is 54.9 Å². The van der Waals surface area contributed by atoms with Crippen LogP contribution in [0.1, 0.15) is 40.0 Å². The van der Waals surface area contributed by atoms with Crippen molar-refractivity contribution in [2.75, 3.05) is 0 Å². The first-order chi connectivity index (χ1) is 12.5. The molecule has 4 heteroatoms. The van der Waals surface area contributed by atoms with Crippen LogP contribution in [0.15, 0.2) is 60.7 Å². The minimum absolute atomic E-state index is 0.0477. The first kappa shape index (κ1) is 19.2. The standard InChI is InChI=1S/C22H29O3P/c1-17(2)21-15-14-18(3)16-22(21)25-26(23,20-12-8-5-9-13-20)24-19-10-6-4-7-11-19/h4-13,17-18,21-22H,14-16H2,1-3H3/t18-,21+,22-,26?/m1/s1. The Morgan fingerprint density at radius 2 is 1.58 bits per heavy atom. The highest BCUT2D eigenvalue weighted by Crippen LogP contribution is 2.52. The van der Waals surface area contributed by atoms with E-state index >= 15 is 0 Å². The number of rotatable bonds is 6. The summed E-state index contributed by atoms with van der Waals surface area (Å²) >= 11 is 0. The SMILES string of the molecule is CC(C)[C@@H]1CC[C@@H](C)C[C@H]1OP(=O)(Oc1ccccc1)c1ccccc1. The fraction of sp³-hybridized carbons (Fsp3) is 0.455. The van der Waals surface area contributed by atoms with Crippen LogP contribution in [0, 0.1) is 17.8 Å². The Kier molecular flexibility index (Phi) is 6.21. The molecular formula is C22H29O3P. The second kappa shape index (κ2) is 8.41. The van der Waals surface area contributed by atoms with Crippen molar-refractivity contribution in [3.63, 3.8) is 0 Å². The van der Waals surface area contributed by atoms with E-state index in [4.69, 9.17) is 9.05 Å². The van der Waals surface area contributed by atoms with Crippen molar-refractivity contribution in [1.82, 2.24) is 0 Å². The van der Waals surface area contributed by atoms with Crippen molar-refractivity contribution < 1.29 is 13.6 Å². The molecule has 0 saturated heterocycles. The molecule has 1 aliphatic carbocycles. The lowest BCUT2D eigenvalue weighted by Crippen LogP contribution is -2.35. The molecule has 0 spiro atoms. The van der Waals surface area contributed by atoms with Crippen LogP contribution >= 0.6 is 7.60 Å². The maximum atomic E-state index is 13.9. The third-order valence-corrected chi connectivity index (χ3v) is 7.21. The normalized spacial score (nSPS) is 25.6. The second-order valence-corrected chi connectivity index (χ2v) is 9.61. The van der Waals surface area contributed by atoms with Crippen LogP contribution in [-0.4, -0.2) is 6.10 Å². The van der Waals surface area contributed by atoms with Crippen LogP contribution in [0.25, 0.3) is 0 Å². The van der Waals surface area contributed by atoms with Crippen LogP contribution < -0.4 is 9.83 Å². The molecule has 0 N–H and O–H groups in total. The summed E-state index contributed by atoms with van der Waals surface area (Å²) in [5.41, 5.74) is 0. The molecular weight excluding hydrogens is 343 g/mol. The van der Waals surface area contributed by atoms with Gasteiger partial charge in [0, 0.05) is 0 Å². The molecule has 1 unspecified atom stereocenters. The van der Waals surface area contributed by atoms with E-state index < -0.39 is 7.60 Å². The summed E-state index contributed by atoms with van der Waals surface area (Å²) < 4.78 is 26.2. The average Bonchev–Trinajstić information content (AvgIpc) is 2.63. The van der Waals surface area contributed by atoms with Gasteiger partial charge >= 0.3 is 7.60 Å². The van der Waals surface area contributed by atoms with Crippen molar-refractivity contribution in [3.05, 3.63) is 60.7 Å². The fourth-order valence-electron chi connectivity index (χ4n) is 3.78. The van der Waals surface area contributed by atoms with Crippen LogP contribution in [0.3, 0.4) is 0 Å². The van der Waals surface area contributed by atoms with Gasteiger partial charge in [0.05, 0.1) is 11.4 Å². The maximum absolute atomic E-state index is 13.9.